The number of urea groups is 1. The minimum absolute atomic E-state index is 0.159. The molecule has 0 aromatic heterocycles. The summed E-state index contributed by atoms with van der Waals surface area (Å²) in [6.45, 7) is 6.86. The average Bonchev–Trinajstić information content (AvgIpc) is 2.75. The van der Waals surface area contributed by atoms with Crippen molar-refractivity contribution in [3.63, 3.8) is 0 Å². The van der Waals surface area contributed by atoms with Crippen molar-refractivity contribution in [1.82, 2.24) is 10.6 Å². The molecule has 0 saturated heterocycles. The molecule has 31 heavy (non-hydrogen) atoms. The summed E-state index contributed by atoms with van der Waals surface area (Å²) in [5.74, 6) is 0.898. The predicted molar refractivity (Wildman–Crippen MR) is 123 cm³/mol. The Morgan fingerprint density at radius 2 is 1.71 bits per heavy atom. The summed E-state index contributed by atoms with van der Waals surface area (Å²) in [5, 5.41) is 8.68. The Morgan fingerprint density at radius 3 is 2.39 bits per heavy atom. The SMILES string of the molecule is CCCOc1ccc(NC(=O)NCC(=O)NC(C)c2cccc(Cl)c2)cc1OCCC. The van der Waals surface area contributed by atoms with Gasteiger partial charge in [0.05, 0.1) is 25.8 Å². The van der Waals surface area contributed by atoms with E-state index in [9.17, 15) is 9.59 Å². The maximum Gasteiger partial charge on any atom is 0.319 e. The molecule has 2 aromatic carbocycles. The summed E-state index contributed by atoms with van der Waals surface area (Å²) in [7, 11) is 0. The van der Waals surface area contributed by atoms with Crippen LogP contribution in [0.1, 0.15) is 45.2 Å². The van der Waals surface area contributed by atoms with Crippen LogP contribution < -0.4 is 25.4 Å². The monoisotopic (exact) mass is 447 g/mol. The zero-order chi connectivity index (χ0) is 22.6. The molecule has 8 heteroatoms. The van der Waals surface area contributed by atoms with Gasteiger partial charge in [-0.15, -0.1) is 0 Å². The second-order valence-corrected chi connectivity index (χ2v) is 7.45. The molecular formula is C23H30ClN3O4. The maximum atomic E-state index is 12.2. The standard InChI is InChI=1S/C23H30ClN3O4/c1-4-11-30-20-10-9-19(14-21(20)31-12-5-2)27-23(29)25-15-22(28)26-16(3)17-7-6-8-18(24)13-17/h6-10,13-14,16H,4-5,11-12,15H2,1-3H3,(H,26,28)(H2,25,27,29). The second-order valence-electron chi connectivity index (χ2n) is 7.01. The van der Waals surface area contributed by atoms with E-state index < -0.39 is 6.03 Å². The van der Waals surface area contributed by atoms with Crippen molar-refractivity contribution in [2.75, 3.05) is 25.1 Å². The Labute approximate surface area is 188 Å². The molecule has 168 valence electrons. The molecule has 0 aliphatic heterocycles. The van der Waals surface area contributed by atoms with Gasteiger partial charge in [0, 0.05) is 16.8 Å². The van der Waals surface area contributed by atoms with Gasteiger partial charge in [0.15, 0.2) is 11.5 Å². The zero-order valence-electron chi connectivity index (χ0n) is 18.2. The smallest absolute Gasteiger partial charge is 0.319 e. The van der Waals surface area contributed by atoms with Gasteiger partial charge in [-0.3, -0.25) is 4.79 Å². The van der Waals surface area contributed by atoms with Gasteiger partial charge in [0.1, 0.15) is 0 Å². The van der Waals surface area contributed by atoms with Crippen LogP contribution in [0.5, 0.6) is 11.5 Å². The first-order valence-corrected chi connectivity index (χ1v) is 10.8. The number of amides is 3. The van der Waals surface area contributed by atoms with Gasteiger partial charge in [-0.2, -0.15) is 0 Å². The first-order chi connectivity index (χ1) is 14.9. The minimum atomic E-state index is -0.491. The van der Waals surface area contributed by atoms with Crippen molar-refractivity contribution in [3.05, 3.63) is 53.1 Å². The molecule has 0 saturated carbocycles. The lowest BCUT2D eigenvalue weighted by molar-refractivity contribution is -0.120. The van der Waals surface area contributed by atoms with E-state index in [1.54, 1.807) is 30.3 Å². The number of hydrogen-bond acceptors (Lipinski definition) is 4. The number of benzene rings is 2. The third kappa shape index (κ3) is 8.38. The van der Waals surface area contributed by atoms with Crippen LogP contribution in [0.15, 0.2) is 42.5 Å². The Balaban J connectivity index is 1.87. The number of rotatable bonds is 11. The second kappa shape index (κ2) is 12.7. The van der Waals surface area contributed by atoms with Crippen molar-refractivity contribution in [3.8, 4) is 11.5 Å². The van der Waals surface area contributed by atoms with Gasteiger partial charge in [-0.1, -0.05) is 37.6 Å². The van der Waals surface area contributed by atoms with Crippen LogP contribution in [-0.4, -0.2) is 31.7 Å². The zero-order valence-corrected chi connectivity index (χ0v) is 18.9. The van der Waals surface area contributed by atoms with Gasteiger partial charge < -0.3 is 25.4 Å². The van der Waals surface area contributed by atoms with E-state index in [0.29, 0.717) is 35.4 Å². The molecule has 0 radical (unpaired) electrons. The molecule has 7 nitrogen and oxygen atoms in total. The third-order valence-electron chi connectivity index (χ3n) is 4.26. The van der Waals surface area contributed by atoms with E-state index in [1.807, 2.05) is 32.9 Å². The topological polar surface area (TPSA) is 88.7 Å². The molecule has 3 N–H and O–H groups in total. The van der Waals surface area contributed by atoms with Crippen molar-refractivity contribution >= 4 is 29.2 Å². The van der Waals surface area contributed by atoms with Gasteiger partial charge in [-0.25, -0.2) is 4.79 Å². The summed E-state index contributed by atoms with van der Waals surface area (Å²) in [4.78, 5) is 24.4. The molecule has 0 aliphatic rings. The highest BCUT2D eigenvalue weighted by Crippen LogP contribution is 2.31. The van der Waals surface area contributed by atoms with Gasteiger partial charge in [-0.05, 0) is 49.6 Å². The Bertz CT molecular complexity index is 876. The third-order valence-corrected chi connectivity index (χ3v) is 4.50. The van der Waals surface area contributed by atoms with Gasteiger partial charge in [0.25, 0.3) is 0 Å². The number of halogens is 1. The van der Waals surface area contributed by atoms with Crippen LogP contribution in [0.25, 0.3) is 0 Å². The van der Waals surface area contributed by atoms with Gasteiger partial charge >= 0.3 is 6.03 Å². The summed E-state index contributed by atoms with van der Waals surface area (Å²) in [6.07, 6.45) is 1.74. The number of carbonyl (C=O) groups excluding carboxylic acids is 2. The molecule has 1 atom stereocenters. The number of ether oxygens (including phenoxy) is 2. The highest BCUT2D eigenvalue weighted by molar-refractivity contribution is 6.30. The molecular weight excluding hydrogens is 418 g/mol. The fourth-order valence-electron chi connectivity index (χ4n) is 2.73. The van der Waals surface area contributed by atoms with E-state index >= 15 is 0 Å². The number of anilines is 1. The largest absolute Gasteiger partial charge is 0.490 e. The lowest BCUT2D eigenvalue weighted by atomic mass is 10.1. The van der Waals surface area contributed by atoms with E-state index in [4.69, 9.17) is 21.1 Å². The van der Waals surface area contributed by atoms with Gasteiger partial charge in [0.2, 0.25) is 5.91 Å². The fraction of sp³-hybridized carbons (Fsp3) is 0.391. The van der Waals surface area contributed by atoms with Crippen LogP contribution in [-0.2, 0) is 4.79 Å². The molecule has 0 heterocycles. The fourth-order valence-corrected chi connectivity index (χ4v) is 2.93. The highest BCUT2D eigenvalue weighted by Gasteiger charge is 2.12. The highest BCUT2D eigenvalue weighted by atomic mass is 35.5. The molecule has 0 spiro atoms. The normalized spacial score (nSPS) is 11.4. The van der Waals surface area contributed by atoms with Crippen molar-refractivity contribution in [2.45, 2.75) is 39.7 Å². The summed E-state index contributed by atoms with van der Waals surface area (Å²) in [5.41, 5.74) is 1.43. The lowest BCUT2D eigenvalue weighted by Gasteiger charge is -2.16. The number of nitrogens with one attached hydrogen (secondary N) is 3. The van der Waals surface area contributed by atoms with Crippen molar-refractivity contribution in [2.24, 2.45) is 0 Å². The van der Waals surface area contributed by atoms with E-state index in [-0.39, 0.29) is 18.5 Å². The molecule has 2 rings (SSSR count). The summed E-state index contributed by atoms with van der Waals surface area (Å²) >= 11 is 5.98. The molecule has 3 amide bonds. The van der Waals surface area contributed by atoms with Crippen molar-refractivity contribution < 1.29 is 19.1 Å². The maximum absolute atomic E-state index is 12.2. The average molecular weight is 448 g/mol. The van der Waals surface area contributed by atoms with Crippen LogP contribution in [0.2, 0.25) is 5.02 Å². The predicted octanol–water partition coefficient (Wildman–Crippen LogP) is 4.92. The summed E-state index contributed by atoms with van der Waals surface area (Å²) in [6, 6.07) is 11.7. The van der Waals surface area contributed by atoms with E-state index in [0.717, 1.165) is 18.4 Å². The molecule has 2 aromatic rings. The van der Waals surface area contributed by atoms with E-state index in [1.165, 1.54) is 0 Å². The molecule has 0 bridgehead atoms. The van der Waals surface area contributed by atoms with Crippen molar-refractivity contribution in [1.29, 1.82) is 0 Å². The molecule has 1 unspecified atom stereocenters. The minimum Gasteiger partial charge on any atom is -0.490 e. The Morgan fingerprint density at radius 1 is 1.00 bits per heavy atom. The number of carbonyl (C=O) groups is 2. The Hall–Kier alpha value is -2.93. The lowest BCUT2D eigenvalue weighted by Crippen LogP contribution is -2.39. The number of hydrogen-bond donors (Lipinski definition) is 3. The summed E-state index contributed by atoms with van der Waals surface area (Å²) < 4.78 is 11.4. The molecule has 0 aliphatic carbocycles. The van der Waals surface area contributed by atoms with Crippen LogP contribution in [0, 0.1) is 0 Å². The first-order valence-electron chi connectivity index (χ1n) is 10.4. The van der Waals surface area contributed by atoms with Crippen LogP contribution in [0.3, 0.4) is 0 Å². The quantitative estimate of drug-likeness (QED) is 0.456. The molecule has 0 fully saturated rings. The van der Waals surface area contributed by atoms with E-state index in [2.05, 4.69) is 16.0 Å². The first kappa shape index (κ1) is 24.3. The van der Waals surface area contributed by atoms with Crippen LogP contribution in [0.4, 0.5) is 10.5 Å². The Kier molecular flexibility index (Phi) is 9.97. The van der Waals surface area contributed by atoms with Crippen LogP contribution >= 0.6 is 11.6 Å².